The Balaban J connectivity index is 2.75. The van der Waals surface area contributed by atoms with Gasteiger partial charge in [-0.05, 0) is 25.5 Å². The van der Waals surface area contributed by atoms with Crippen LogP contribution >= 0.6 is 0 Å². The smallest absolute Gasteiger partial charge is 0.338 e. The molecular weight excluding hydrogens is 234 g/mol. The molecule has 0 spiro atoms. The van der Waals surface area contributed by atoms with Gasteiger partial charge in [0.1, 0.15) is 0 Å². The van der Waals surface area contributed by atoms with Gasteiger partial charge >= 0.3 is 5.97 Å². The lowest BCUT2D eigenvalue weighted by Gasteiger charge is -2.10. The minimum absolute atomic E-state index is 0.127. The van der Waals surface area contributed by atoms with E-state index in [1.54, 1.807) is 25.1 Å². The van der Waals surface area contributed by atoms with Crippen molar-refractivity contribution in [1.29, 1.82) is 0 Å². The Bertz CT molecular complexity index is 443. The van der Waals surface area contributed by atoms with Gasteiger partial charge in [0.25, 0.3) is 0 Å². The van der Waals surface area contributed by atoms with E-state index in [2.05, 4.69) is 5.32 Å². The molecule has 0 fully saturated rings. The molecule has 1 aromatic rings. The highest BCUT2D eigenvalue weighted by Gasteiger charge is 2.14. The lowest BCUT2D eigenvalue weighted by molar-refractivity contribution is -0.117. The van der Waals surface area contributed by atoms with Crippen molar-refractivity contribution in [1.82, 2.24) is 0 Å². The Hall–Kier alpha value is -1.88. The lowest BCUT2D eigenvalue weighted by Crippen LogP contribution is -2.17. The Labute approximate surface area is 106 Å². The van der Waals surface area contributed by atoms with Gasteiger partial charge < -0.3 is 15.2 Å². The molecule has 0 atom stereocenters. The van der Waals surface area contributed by atoms with Gasteiger partial charge in [0.2, 0.25) is 5.91 Å². The summed E-state index contributed by atoms with van der Waals surface area (Å²) >= 11 is 0. The van der Waals surface area contributed by atoms with Crippen molar-refractivity contribution in [3.63, 3.8) is 0 Å². The van der Waals surface area contributed by atoms with Crippen LogP contribution in [0, 0.1) is 6.92 Å². The van der Waals surface area contributed by atoms with E-state index in [1.165, 1.54) is 0 Å². The zero-order chi connectivity index (χ0) is 13.5. The van der Waals surface area contributed by atoms with Gasteiger partial charge in [0.05, 0.1) is 24.3 Å². The molecule has 0 unspecified atom stereocenters. The van der Waals surface area contributed by atoms with Crippen LogP contribution in [0.4, 0.5) is 5.69 Å². The van der Waals surface area contributed by atoms with E-state index in [4.69, 9.17) is 9.84 Å². The molecular formula is C13H17NO4. The predicted octanol–water partition coefficient (Wildman–Crippen LogP) is 2.06. The number of carbonyl (C=O) groups is 2. The second-order valence-electron chi connectivity index (χ2n) is 3.80. The van der Waals surface area contributed by atoms with Crippen molar-refractivity contribution < 1.29 is 19.4 Å². The summed E-state index contributed by atoms with van der Waals surface area (Å²) in [5.74, 6) is -1.30. The molecule has 2 N–H and O–H groups in total. The maximum Gasteiger partial charge on any atom is 0.338 e. The Morgan fingerprint density at radius 2 is 2.11 bits per heavy atom. The minimum atomic E-state index is -1.05. The molecule has 5 heteroatoms. The highest BCUT2D eigenvalue weighted by atomic mass is 16.5. The quantitative estimate of drug-likeness (QED) is 0.759. The molecule has 1 rings (SSSR count). The third kappa shape index (κ3) is 3.85. The second kappa shape index (κ2) is 6.76. The van der Waals surface area contributed by atoms with Gasteiger partial charge in [-0.3, -0.25) is 4.79 Å². The van der Waals surface area contributed by atoms with Gasteiger partial charge in [-0.1, -0.05) is 12.1 Å². The fourth-order valence-electron chi connectivity index (χ4n) is 1.58. The first-order valence-electron chi connectivity index (χ1n) is 5.76. The van der Waals surface area contributed by atoms with E-state index < -0.39 is 5.97 Å². The monoisotopic (exact) mass is 251 g/mol. The van der Waals surface area contributed by atoms with Crippen LogP contribution in [-0.4, -0.2) is 30.2 Å². The molecule has 0 heterocycles. The summed E-state index contributed by atoms with van der Waals surface area (Å²) in [7, 11) is 0. The average molecular weight is 251 g/mol. The number of hydrogen-bond donors (Lipinski definition) is 2. The number of benzene rings is 1. The molecule has 5 nitrogen and oxygen atoms in total. The first kappa shape index (κ1) is 14.2. The number of anilines is 1. The van der Waals surface area contributed by atoms with Crippen LogP contribution in [0.15, 0.2) is 18.2 Å². The van der Waals surface area contributed by atoms with Gasteiger partial charge in [0.15, 0.2) is 0 Å². The van der Waals surface area contributed by atoms with Gasteiger partial charge in [-0.15, -0.1) is 0 Å². The Morgan fingerprint density at radius 3 is 2.72 bits per heavy atom. The lowest BCUT2D eigenvalue weighted by atomic mass is 10.1. The summed E-state index contributed by atoms with van der Waals surface area (Å²) in [6, 6.07) is 4.98. The van der Waals surface area contributed by atoms with Gasteiger partial charge in [-0.25, -0.2) is 4.79 Å². The van der Waals surface area contributed by atoms with Crippen molar-refractivity contribution in [2.24, 2.45) is 0 Å². The fraction of sp³-hybridized carbons (Fsp3) is 0.385. The molecule has 18 heavy (non-hydrogen) atoms. The molecule has 98 valence electrons. The Morgan fingerprint density at radius 1 is 1.39 bits per heavy atom. The third-order valence-corrected chi connectivity index (χ3v) is 2.44. The summed E-state index contributed by atoms with van der Waals surface area (Å²) in [5, 5.41) is 11.7. The number of aromatic carboxylic acids is 1. The molecule has 0 aliphatic heterocycles. The molecule has 0 saturated carbocycles. The summed E-state index contributed by atoms with van der Waals surface area (Å²) in [4.78, 5) is 22.7. The van der Waals surface area contributed by atoms with Crippen LogP contribution in [0.1, 0.15) is 29.3 Å². The van der Waals surface area contributed by atoms with Crippen LogP contribution < -0.4 is 5.32 Å². The topological polar surface area (TPSA) is 75.6 Å². The largest absolute Gasteiger partial charge is 0.478 e. The summed E-state index contributed by atoms with van der Waals surface area (Å²) in [6.45, 7) is 4.43. The van der Waals surface area contributed by atoms with E-state index in [0.717, 1.165) is 0 Å². The van der Waals surface area contributed by atoms with E-state index in [-0.39, 0.29) is 17.9 Å². The molecule has 1 amide bonds. The first-order chi connectivity index (χ1) is 8.56. The number of carboxylic acids is 1. The van der Waals surface area contributed by atoms with Crippen LogP contribution in [0.5, 0.6) is 0 Å². The number of rotatable bonds is 6. The third-order valence-electron chi connectivity index (χ3n) is 2.44. The predicted molar refractivity (Wildman–Crippen MR) is 67.9 cm³/mol. The summed E-state index contributed by atoms with van der Waals surface area (Å²) in [5.41, 5.74) is 1.07. The van der Waals surface area contributed by atoms with Gasteiger partial charge in [-0.2, -0.15) is 0 Å². The molecule has 0 radical (unpaired) electrons. The second-order valence-corrected chi connectivity index (χ2v) is 3.80. The van der Waals surface area contributed by atoms with Crippen molar-refractivity contribution in [3.05, 3.63) is 29.3 Å². The zero-order valence-corrected chi connectivity index (χ0v) is 10.5. The summed E-state index contributed by atoms with van der Waals surface area (Å²) < 4.78 is 5.07. The zero-order valence-electron chi connectivity index (χ0n) is 10.5. The number of carboxylic acid groups (broad SMARTS) is 1. The first-order valence-corrected chi connectivity index (χ1v) is 5.76. The van der Waals surface area contributed by atoms with E-state index >= 15 is 0 Å². The highest BCUT2D eigenvalue weighted by Crippen LogP contribution is 2.19. The standard InChI is InChI=1S/C13H17NO4/c1-3-18-8-7-11(15)14-10-6-4-5-9(2)12(10)13(16)17/h4-6H,3,7-8H2,1-2H3,(H,14,15)(H,16,17). The maximum atomic E-state index is 11.6. The van der Waals surface area contributed by atoms with Crippen molar-refractivity contribution >= 4 is 17.6 Å². The van der Waals surface area contributed by atoms with E-state index in [0.29, 0.717) is 24.5 Å². The number of ether oxygens (including phenoxy) is 1. The minimum Gasteiger partial charge on any atom is -0.478 e. The SMILES string of the molecule is CCOCCC(=O)Nc1cccc(C)c1C(=O)O. The summed E-state index contributed by atoms with van der Waals surface area (Å²) in [6.07, 6.45) is 0.209. The van der Waals surface area contributed by atoms with Crippen LogP contribution in [0.25, 0.3) is 0 Å². The molecule has 0 saturated heterocycles. The molecule has 0 aromatic heterocycles. The molecule has 0 aliphatic rings. The van der Waals surface area contributed by atoms with E-state index in [9.17, 15) is 9.59 Å². The molecule has 1 aromatic carbocycles. The average Bonchev–Trinajstić information content (AvgIpc) is 2.28. The number of carbonyl (C=O) groups excluding carboxylic acids is 1. The number of hydrogen-bond acceptors (Lipinski definition) is 3. The van der Waals surface area contributed by atoms with Crippen LogP contribution in [0.2, 0.25) is 0 Å². The maximum absolute atomic E-state index is 11.6. The normalized spacial score (nSPS) is 10.1. The van der Waals surface area contributed by atoms with Crippen molar-refractivity contribution in [2.75, 3.05) is 18.5 Å². The van der Waals surface area contributed by atoms with Crippen molar-refractivity contribution in [3.8, 4) is 0 Å². The molecule has 0 aliphatic carbocycles. The molecule has 0 bridgehead atoms. The number of nitrogens with one attached hydrogen (secondary N) is 1. The van der Waals surface area contributed by atoms with Crippen LogP contribution in [-0.2, 0) is 9.53 Å². The van der Waals surface area contributed by atoms with Crippen LogP contribution in [0.3, 0.4) is 0 Å². The number of amides is 1. The van der Waals surface area contributed by atoms with E-state index in [1.807, 2.05) is 6.92 Å². The van der Waals surface area contributed by atoms with Crippen molar-refractivity contribution in [2.45, 2.75) is 20.3 Å². The Kier molecular flexibility index (Phi) is 5.32. The van der Waals surface area contributed by atoms with Gasteiger partial charge in [0, 0.05) is 6.61 Å². The fourth-order valence-corrected chi connectivity index (χ4v) is 1.58. The number of aryl methyl sites for hydroxylation is 1. The highest BCUT2D eigenvalue weighted by molar-refractivity contribution is 6.01.